The van der Waals surface area contributed by atoms with Crippen LogP contribution < -0.4 is 16.2 Å². The molecule has 3 amide bonds. The van der Waals surface area contributed by atoms with Crippen LogP contribution in [0, 0.1) is 0 Å². The second-order valence-corrected chi connectivity index (χ2v) is 5.80. The standard InChI is InChI=1S/C15H18N4O4S/c1-16-14(23)18-12(21)9-24-15-17-11-6-3-2-5-10(11)13(22)19(15)7-4-8-20/h2-3,5-6,20H,4,7-9H2,1H3,(H2,16,18,21,23). The Morgan fingerprint density at radius 2 is 2.08 bits per heavy atom. The number of amides is 3. The molecule has 3 N–H and O–H groups in total. The number of hydrogen-bond donors (Lipinski definition) is 3. The van der Waals surface area contributed by atoms with Crippen LogP contribution in [-0.2, 0) is 11.3 Å². The fourth-order valence-corrected chi connectivity index (χ4v) is 2.86. The van der Waals surface area contributed by atoms with E-state index >= 15 is 0 Å². The van der Waals surface area contributed by atoms with Crippen molar-refractivity contribution < 1.29 is 14.7 Å². The molecule has 0 aliphatic rings. The molecular formula is C15H18N4O4S. The molecule has 128 valence electrons. The zero-order valence-electron chi connectivity index (χ0n) is 13.1. The predicted molar refractivity (Wildman–Crippen MR) is 91.0 cm³/mol. The number of aliphatic hydroxyl groups is 1. The summed E-state index contributed by atoms with van der Waals surface area (Å²) in [6.45, 7) is 0.243. The number of benzene rings is 1. The van der Waals surface area contributed by atoms with Gasteiger partial charge >= 0.3 is 6.03 Å². The van der Waals surface area contributed by atoms with Gasteiger partial charge in [0, 0.05) is 20.2 Å². The van der Waals surface area contributed by atoms with Crippen molar-refractivity contribution in [2.24, 2.45) is 0 Å². The maximum Gasteiger partial charge on any atom is 0.321 e. The summed E-state index contributed by atoms with van der Waals surface area (Å²) in [4.78, 5) is 39.8. The third kappa shape index (κ3) is 4.33. The minimum atomic E-state index is -0.593. The average Bonchev–Trinajstić information content (AvgIpc) is 2.59. The molecule has 9 heteroatoms. The lowest BCUT2D eigenvalue weighted by atomic mass is 10.2. The summed E-state index contributed by atoms with van der Waals surface area (Å²) in [5, 5.41) is 14.3. The van der Waals surface area contributed by atoms with E-state index in [-0.39, 0.29) is 17.9 Å². The van der Waals surface area contributed by atoms with Gasteiger partial charge in [0.2, 0.25) is 5.91 Å². The summed E-state index contributed by atoms with van der Waals surface area (Å²) in [6, 6.07) is 6.35. The van der Waals surface area contributed by atoms with Crippen molar-refractivity contribution in [3.8, 4) is 0 Å². The number of aliphatic hydroxyl groups excluding tert-OH is 1. The van der Waals surface area contributed by atoms with Gasteiger partial charge in [-0.15, -0.1) is 0 Å². The normalized spacial score (nSPS) is 10.6. The number of rotatable bonds is 6. The Labute approximate surface area is 142 Å². The number of thioether (sulfide) groups is 1. The van der Waals surface area contributed by atoms with Crippen LogP contribution in [0.5, 0.6) is 0 Å². The largest absolute Gasteiger partial charge is 0.396 e. The second kappa shape index (κ2) is 8.46. The maximum atomic E-state index is 12.6. The minimum Gasteiger partial charge on any atom is -0.396 e. The molecule has 0 atom stereocenters. The first-order valence-electron chi connectivity index (χ1n) is 7.31. The molecule has 8 nitrogen and oxygen atoms in total. The molecule has 1 heterocycles. The van der Waals surface area contributed by atoms with Gasteiger partial charge in [0.05, 0.1) is 16.7 Å². The smallest absolute Gasteiger partial charge is 0.321 e. The summed E-state index contributed by atoms with van der Waals surface area (Å²) in [5.41, 5.74) is 0.320. The molecule has 0 saturated heterocycles. The highest BCUT2D eigenvalue weighted by Gasteiger charge is 2.13. The first-order chi connectivity index (χ1) is 11.6. The molecule has 0 unspecified atom stereocenters. The summed E-state index contributed by atoms with van der Waals surface area (Å²) in [5.74, 6) is -0.549. The number of nitrogens with zero attached hydrogens (tertiary/aromatic N) is 2. The van der Waals surface area contributed by atoms with E-state index in [1.165, 1.54) is 11.6 Å². The highest BCUT2D eigenvalue weighted by molar-refractivity contribution is 7.99. The summed E-state index contributed by atoms with van der Waals surface area (Å²) in [7, 11) is 1.41. The Kier molecular flexibility index (Phi) is 6.33. The van der Waals surface area contributed by atoms with Gasteiger partial charge in [-0.2, -0.15) is 0 Å². The van der Waals surface area contributed by atoms with Gasteiger partial charge in [-0.3, -0.25) is 19.5 Å². The van der Waals surface area contributed by atoms with Crippen LogP contribution in [0.1, 0.15) is 6.42 Å². The van der Waals surface area contributed by atoms with E-state index in [0.29, 0.717) is 29.0 Å². The van der Waals surface area contributed by atoms with Crippen molar-refractivity contribution in [2.45, 2.75) is 18.1 Å². The minimum absolute atomic E-state index is 0.0550. The van der Waals surface area contributed by atoms with Gasteiger partial charge in [-0.1, -0.05) is 23.9 Å². The van der Waals surface area contributed by atoms with Crippen LogP contribution in [0.15, 0.2) is 34.2 Å². The average molecular weight is 350 g/mol. The molecule has 2 rings (SSSR count). The Balaban J connectivity index is 2.28. The zero-order chi connectivity index (χ0) is 17.5. The number of para-hydroxylation sites is 1. The first-order valence-corrected chi connectivity index (χ1v) is 8.30. The van der Waals surface area contributed by atoms with Crippen LogP contribution in [0.3, 0.4) is 0 Å². The highest BCUT2D eigenvalue weighted by atomic mass is 32.2. The number of carbonyl (C=O) groups excluding carboxylic acids is 2. The molecule has 0 aliphatic carbocycles. The van der Waals surface area contributed by atoms with E-state index < -0.39 is 11.9 Å². The number of imide groups is 1. The third-order valence-electron chi connectivity index (χ3n) is 3.18. The van der Waals surface area contributed by atoms with E-state index in [1.807, 2.05) is 0 Å². The van der Waals surface area contributed by atoms with Crippen LogP contribution in [-0.4, -0.2) is 46.0 Å². The molecule has 0 spiro atoms. The molecule has 0 aliphatic heterocycles. The lowest BCUT2D eigenvalue weighted by molar-refractivity contribution is -0.117. The molecule has 0 fully saturated rings. The quantitative estimate of drug-likeness (QED) is 0.511. The van der Waals surface area contributed by atoms with Crippen LogP contribution in [0.2, 0.25) is 0 Å². The number of urea groups is 1. The summed E-state index contributed by atoms with van der Waals surface area (Å²) >= 11 is 1.07. The second-order valence-electron chi connectivity index (χ2n) is 4.86. The van der Waals surface area contributed by atoms with Crippen LogP contribution >= 0.6 is 11.8 Å². The molecule has 0 radical (unpaired) electrons. The summed E-state index contributed by atoms with van der Waals surface area (Å²) < 4.78 is 1.44. The molecule has 1 aromatic carbocycles. The predicted octanol–water partition coefficient (Wildman–Crippen LogP) is 0.327. The van der Waals surface area contributed by atoms with Crippen molar-refractivity contribution in [2.75, 3.05) is 19.4 Å². The van der Waals surface area contributed by atoms with Gasteiger partial charge in [0.1, 0.15) is 0 Å². The molecular weight excluding hydrogens is 332 g/mol. The number of carbonyl (C=O) groups is 2. The van der Waals surface area contributed by atoms with Crippen LogP contribution in [0.25, 0.3) is 10.9 Å². The molecule has 24 heavy (non-hydrogen) atoms. The number of nitrogens with one attached hydrogen (secondary N) is 2. The van der Waals surface area contributed by atoms with Crippen molar-refractivity contribution in [1.82, 2.24) is 20.2 Å². The molecule has 2 aromatic rings. The SMILES string of the molecule is CNC(=O)NC(=O)CSc1nc2ccccc2c(=O)n1CCCO. The fraction of sp³-hybridized carbons (Fsp3) is 0.333. The molecule has 0 saturated carbocycles. The van der Waals surface area contributed by atoms with Gasteiger partial charge in [0.15, 0.2) is 5.16 Å². The van der Waals surface area contributed by atoms with Crippen molar-refractivity contribution in [1.29, 1.82) is 0 Å². The Bertz CT molecular complexity index is 806. The van der Waals surface area contributed by atoms with E-state index in [9.17, 15) is 14.4 Å². The highest BCUT2D eigenvalue weighted by Crippen LogP contribution is 2.17. The number of aromatic nitrogens is 2. The molecule has 0 bridgehead atoms. The Hall–Kier alpha value is -2.39. The number of hydrogen-bond acceptors (Lipinski definition) is 6. The maximum absolute atomic E-state index is 12.6. The van der Waals surface area contributed by atoms with Gasteiger partial charge < -0.3 is 10.4 Å². The zero-order valence-corrected chi connectivity index (χ0v) is 13.9. The lowest BCUT2D eigenvalue weighted by Crippen LogP contribution is -2.38. The van der Waals surface area contributed by atoms with E-state index in [0.717, 1.165) is 11.8 Å². The van der Waals surface area contributed by atoms with Gasteiger partial charge in [0.25, 0.3) is 5.56 Å². The van der Waals surface area contributed by atoms with Crippen LogP contribution in [0.4, 0.5) is 4.79 Å². The lowest BCUT2D eigenvalue weighted by Gasteiger charge is -2.12. The summed E-state index contributed by atoms with van der Waals surface area (Å²) in [6.07, 6.45) is 0.401. The van der Waals surface area contributed by atoms with E-state index in [4.69, 9.17) is 5.11 Å². The van der Waals surface area contributed by atoms with Gasteiger partial charge in [-0.05, 0) is 18.6 Å². The van der Waals surface area contributed by atoms with Crippen molar-refractivity contribution in [3.63, 3.8) is 0 Å². The van der Waals surface area contributed by atoms with Gasteiger partial charge in [-0.25, -0.2) is 9.78 Å². The monoisotopic (exact) mass is 350 g/mol. The van der Waals surface area contributed by atoms with E-state index in [1.54, 1.807) is 24.3 Å². The first kappa shape index (κ1) is 18.0. The van der Waals surface area contributed by atoms with E-state index in [2.05, 4.69) is 15.6 Å². The third-order valence-corrected chi connectivity index (χ3v) is 4.16. The fourth-order valence-electron chi connectivity index (χ4n) is 2.04. The van der Waals surface area contributed by atoms with Crippen molar-refractivity contribution in [3.05, 3.63) is 34.6 Å². The Morgan fingerprint density at radius 1 is 1.33 bits per heavy atom. The number of fused-ring (bicyclic) bond motifs is 1. The topological polar surface area (TPSA) is 113 Å². The molecule has 1 aromatic heterocycles. The van der Waals surface area contributed by atoms with Crippen molar-refractivity contribution >= 4 is 34.6 Å². The Morgan fingerprint density at radius 3 is 2.79 bits per heavy atom.